The molecule has 88 heavy (non-hydrogen) atoms. The van der Waals surface area contributed by atoms with Crippen molar-refractivity contribution in [1.82, 2.24) is 5.32 Å². The maximum Gasteiger partial charge on any atom is 0.472 e. The second-order valence-corrected chi connectivity index (χ2v) is 29.7. The van der Waals surface area contributed by atoms with Crippen LogP contribution in [0.4, 0.5) is 0 Å². The number of carbonyl (C=O) groups excluding carboxylic acids is 2. The van der Waals surface area contributed by atoms with Gasteiger partial charge in [-0.1, -0.05) is 366 Å². The van der Waals surface area contributed by atoms with Crippen molar-refractivity contribution in [3.63, 3.8) is 0 Å². The van der Waals surface area contributed by atoms with Gasteiger partial charge in [-0.3, -0.25) is 18.6 Å². The summed E-state index contributed by atoms with van der Waals surface area (Å²) >= 11 is 0. The first-order valence-corrected chi connectivity index (χ1v) is 40.7. The number of phosphoric acid groups is 1. The minimum absolute atomic E-state index is 0.0450. The summed E-state index contributed by atoms with van der Waals surface area (Å²) in [5.74, 6) is -0.477. The van der Waals surface area contributed by atoms with Gasteiger partial charge >= 0.3 is 13.8 Å². The van der Waals surface area contributed by atoms with Crippen LogP contribution < -0.4 is 5.32 Å². The fourth-order valence-corrected chi connectivity index (χ4v) is 12.9. The van der Waals surface area contributed by atoms with Gasteiger partial charge in [0.25, 0.3) is 0 Å². The number of esters is 1. The third-order valence-electron chi connectivity index (χ3n) is 18.1. The largest absolute Gasteiger partial charge is 0.472 e. The van der Waals surface area contributed by atoms with E-state index in [0.29, 0.717) is 23.9 Å². The highest BCUT2D eigenvalue weighted by molar-refractivity contribution is 7.47. The Morgan fingerprint density at radius 3 is 0.966 bits per heavy atom. The highest BCUT2D eigenvalue weighted by atomic mass is 31.2. The third-order valence-corrected chi connectivity index (χ3v) is 19.1. The van der Waals surface area contributed by atoms with Gasteiger partial charge in [-0.05, 0) is 57.4 Å². The van der Waals surface area contributed by atoms with Crippen LogP contribution in [0.15, 0.2) is 24.3 Å². The lowest BCUT2D eigenvalue weighted by Crippen LogP contribution is -2.47. The maximum atomic E-state index is 13.7. The molecule has 0 heterocycles. The summed E-state index contributed by atoms with van der Waals surface area (Å²) in [6, 6.07) is -0.843. The number of nitrogens with one attached hydrogen (secondary N) is 1. The zero-order valence-corrected chi connectivity index (χ0v) is 60.9. The number of unbranched alkanes of at least 4 members (excludes halogenated alkanes) is 55. The third kappa shape index (κ3) is 68.8. The van der Waals surface area contributed by atoms with E-state index in [1.165, 1.54) is 321 Å². The smallest absolute Gasteiger partial charge is 0.456 e. The van der Waals surface area contributed by atoms with Crippen LogP contribution in [-0.2, 0) is 27.9 Å². The Morgan fingerprint density at radius 1 is 0.386 bits per heavy atom. The average molecular weight is 1260 g/mol. The number of amides is 1. The number of phosphoric ester groups is 1. The zero-order valence-electron chi connectivity index (χ0n) is 60.0. The van der Waals surface area contributed by atoms with E-state index >= 15 is 0 Å². The molecule has 0 aliphatic carbocycles. The van der Waals surface area contributed by atoms with Crippen LogP contribution in [0.3, 0.4) is 0 Å². The van der Waals surface area contributed by atoms with Crippen LogP contribution in [-0.4, -0.2) is 74.3 Å². The SMILES string of the molecule is CCCCCCCC/C=C/CCCCCCCCCCCCCCCCCC(=O)OC(/C=C/CCCCCCCCCCCC)C(COP(=O)(O)OCC[N+](C)(C)C)NC(=O)CCCCCCCCCCCCCCCCCCCCCCCCCCC. The molecule has 0 aliphatic rings. The number of quaternary nitrogens is 1. The summed E-state index contributed by atoms with van der Waals surface area (Å²) in [6.45, 7) is 7.09. The molecule has 0 radical (unpaired) electrons. The molecule has 9 nitrogen and oxygen atoms in total. The normalized spacial score (nSPS) is 13.5. The summed E-state index contributed by atoms with van der Waals surface area (Å²) in [7, 11) is 1.52. The van der Waals surface area contributed by atoms with Crippen molar-refractivity contribution in [2.45, 2.75) is 425 Å². The molecule has 0 saturated heterocycles. The van der Waals surface area contributed by atoms with Gasteiger partial charge in [-0.25, -0.2) is 4.57 Å². The molecule has 0 aromatic carbocycles. The Kier molecular flexibility index (Phi) is 67.2. The van der Waals surface area contributed by atoms with E-state index in [2.05, 4.69) is 44.3 Å². The van der Waals surface area contributed by atoms with Crippen LogP contribution >= 0.6 is 7.82 Å². The van der Waals surface area contributed by atoms with Crippen molar-refractivity contribution in [1.29, 1.82) is 0 Å². The molecule has 0 saturated carbocycles. The lowest BCUT2D eigenvalue weighted by molar-refractivity contribution is -0.870. The molecular weight excluding hydrogens is 1110 g/mol. The van der Waals surface area contributed by atoms with Crippen molar-refractivity contribution in [3.8, 4) is 0 Å². The summed E-state index contributed by atoms with van der Waals surface area (Å²) < 4.78 is 30.9. The van der Waals surface area contributed by atoms with E-state index in [9.17, 15) is 19.0 Å². The molecule has 3 atom stereocenters. The Balaban J connectivity index is 4.91. The van der Waals surface area contributed by atoms with Crippen LogP contribution in [0.5, 0.6) is 0 Å². The molecule has 10 heteroatoms. The Labute approximate surface area is 549 Å². The van der Waals surface area contributed by atoms with Gasteiger partial charge in [0.2, 0.25) is 5.91 Å². The quantitative estimate of drug-likeness (QED) is 0.0205. The van der Waals surface area contributed by atoms with Gasteiger partial charge in [0.15, 0.2) is 0 Å². The summed E-state index contributed by atoms with van der Waals surface area (Å²) in [5, 5.41) is 3.09. The molecule has 3 unspecified atom stereocenters. The molecule has 522 valence electrons. The summed E-state index contributed by atoms with van der Waals surface area (Å²) in [6.07, 6.45) is 85.0. The number of hydrogen-bond acceptors (Lipinski definition) is 6. The molecule has 0 bridgehead atoms. The van der Waals surface area contributed by atoms with Gasteiger partial charge in [-0.15, -0.1) is 0 Å². The lowest BCUT2D eigenvalue weighted by atomic mass is 10.0. The average Bonchev–Trinajstić information content (AvgIpc) is 3.52. The predicted octanol–water partition coefficient (Wildman–Crippen LogP) is 25.2. The molecule has 1 amide bonds. The predicted molar refractivity (Wildman–Crippen MR) is 383 cm³/mol. The lowest BCUT2D eigenvalue weighted by Gasteiger charge is -2.27. The Hall–Kier alpha value is -1.51. The fourth-order valence-electron chi connectivity index (χ4n) is 12.1. The molecule has 0 aromatic rings. The van der Waals surface area contributed by atoms with E-state index in [1.54, 1.807) is 0 Å². The molecule has 0 aliphatic heterocycles. The highest BCUT2D eigenvalue weighted by Crippen LogP contribution is 2.43. The highest BCUT2D eigenvalue weighted by Gasteiger charge is 2.30. The maximum absolute atomic E-state index is 13.7. The monoisotopic (exact) mass is 1260 g/mol. The fraction of sp³-hybridized carbons (Fsp3) is 0.923. The first kappa shape index (κ1) is 86.5. The molecule has 2 N–H and O–H groups in total. The van der Waals surface area contributed by atoms with E-state index in [1.807, 2.05) is 27.2 Å². The van der Waals surface area contributed by atoms with Gasteiger partial charge in [0.1, 0.15) is 19.3 Å². The molecule has 0 aromatic heterocycles. The molecule has 0 rings (SSSR count). The Morgan fingerprint density at radius 2 is 0.659 bits per heavy atom. The van der Waals surface area contributed by atoms with Gasteiger partial charge in [0, 0.05) is 12.8 Å². The van der Waals surface area contributed by atoms with Gasteiger partial charge in [0.05, 0.1) is 33.8 Å². The minimum atomic E-state index is -4.45. The van der Waals surface area contributed by atoms with Crippen molar-refractivity contribution >= 4 is 19.7 Å². The first-order chi connectivity index (χ1) is 42.9. The summed E-state index contributed by atoms with van der Waals surface area (Å²) in [5.41, 5.74) is 0. The second-order valence-electron chi connectivity index (χ2n) is 28.2. The van der Waals surface area contributed by atoms with Crippen molar-refractivity contribution < 1.29 is 37.3 Å². The molecule has 0 fully saturated rings. The standard InChI is InChI=1S/C78H153N2O7P/c1-7-10-13-16-19-22-25-28-30-32-34-36-38-40-42-44-46-48-50-52-55-58-61-64-67-70-77(81)79-75(74-86-88(83,84)85-73-72-80(4,5)6)76(69-66-63-60-57-54-27-24-21-18-15-12-9-3)87-78(82)71-68-65-62-59-56-53-51-49-47-45-43-41-39-37-35-33-31-29-26-23-20-17-14-11-8-2/h29,31,66,69,75-76H,7-28,30,32-65,67-68,70-74H2,1-6H3,(H-,79,81,83,84)/p+1/b31-29+,69-66+. The van der Waals surface area contributed by atoms with E-state index in [-0.39, 0.29) is 25.1 Å². The van der Waals surface area contributed by atoms with Crippen LogP contribution in [0.1, 0.15) is 412 Å². The van der Waals surface area contributed by atoms with Crippen molar-refractivity contribution in [3.05, 3.63) is 24.3 Å². The van der Waals surface area contributed by atoms with Crippen molar-refractivity contribution in [2.24, 2.45) is 0 Å². The number of nitrogens with zero attached hydrogens (tertiary/aromatic N) is 1. The number of hydrogen-bond donors (Lipinski definition) is 2. The number of ether oxygens (including phenoxy) is 1. The number of likely N-dealkylation sites (N-methyl/N-ethyl adjacent to an activating group) is 1. The van der Waals surface area contributed by atoms with Crippen molar-refractivity contribution in [2.75, 3.05) is 40.9 Å². The van der Waals surface area contributed by atoms with Gasteiger partial charge < -0.3 is 19.4 Å². The van der Waals surface area contributed by atoms with Gasteiger partial charge in [-0.2, -0.15) is 0 Å². The van der Waals surface area contributed by atoms with Crippen LogP contribution in [0.2, 0.25) is 0 Å². The minimum Gasteiger partial charge on any atom is -0.456 e. The number of allylic oxidation sites excluding steroid dienone is 3. The topological polar surface area (TPSA) is 111 Å². The van der Waals surface area contributed by atoms with Crippen LogP contribution in [0, 0.1) is 0 Å². The van der Waals surface area contributed by atoms with E-state index < -0.39 is 20.0 Å². The summed E-state index contributed by atoms with van der Waals surface area (Å²) in [4.78, 5) is 38.0. The zero-order chi connectivity index (χ0) is 64.2. The second kappa shape index (κ2) is 68.4. The molecule has 0 spiro atoms. The van der Waals surface area contributed by atoms with Crippen LogP contribution in [0.25, 0.3) is 0 Å². The Bertz CT molecular complexity index is 1550. The number of carbonyl (C=O) groups is 2. The first-order valence-electron chi connectivity index (χ1n) is 39.2. The van der Waals surface area contributed by atoms with E-state index in [0.717, 1.165) is 57.8 Å². The number of rotatable bonds is 73. The van der Waals surface area contributed by atoms with E-state index in [4.69, 9.17) is 13.8 Å². The molecular formula is C78H154N2O7P+.